The molecule has 2 rings (SSSR count). The number of nitrogens with zero attached hydrogens (tertiary/aromatic N) is 2. The second kappa shape index (κ2) is 5.12. The van der Waals surface area contributed by atoms with Crippen molar-refractivity contribution in [1.82, 2.24) is 9.97 Å². The first-order chi connectivity index (χ1) is 8.15. The van der Waals surface area contributed by atoms with Crippen LogP contribution in [0.15, 0.2) is 12.4 Å². The lowest BCUT2D eigenvalue weighted by Crippen LogP contribution is -2.25. The van der Waals surface area contributed by atoms with Gasteiger partial charge in [-0.2, -0.15) is 0 Å². The highest BCUT2D eigenvalue weighted by Crippen LogP contribution is 2.25. The van der Waals surface area contributed by atoms with Crippen molar-refractivity contribution in [3.05, 3.63) is 18.1 Å². The van der Waals surface area contributed by atoms with Gasteiger partial charge >= 0.3 is 5.97 Å². The quantitative estimate of drug-likeness (QED) is 0.839. The number of hydrogen-bond acceptors (Lipinski definition) is 4. The van der Waals surface area contributed by atoms with Gasteiger partial charge in [-0.3, -0.25) is 0 Å². The van der Waals surface area contributed by atoms with E-state index in [0.717, 1.165) is 18.8 Å². The minimum Gasteiger partial charge on any atom is -0.476 e. The van der Waals surface area contributed by atoms with Gasteiger partial charge in [-0.15, -0.1) is 0 Å². The number of carboxylic acids is 1. The Balaban J connectivity index is 1.92. The molecule has 0 aliphatic heterocycles. The molecule has 0 bridgehead atoms. The number of nitrogens with one attached hydrogen (secondary N) is 1. The van der Waals surface area contributed by atoms with E-state index in [9.17, 15) is 4.79 Å². The lowest BCUT2D eigenvalue weighted by molar-refractivity contribution is 0.0690. The van der Waals surface area contributed by atoms with Gasteiger partial charge in [0.05, 0.1) is 12.4 Å². The molecule has 0 radical (unpaired) electrons. The zero-order valence-electron chi connectivity index (χ0n) is 9.89. The topological polar surface area (TPSA) is 75.1 Å². The minimum atomic E-state index is -1.05. The van der Waals surface area contributed by atoms with Gasteiger partial charge in [0.15, 0.2) is 5.69 Å². The Bertz CT molecular complexity index is 383. The van der Waals surface area contributed by atoms with Crippen molar-refractivity contribution in [2.24, 2.45) is 5.92 Å². The predicted octanol–water partition coefficient (Wildman–Crippen LogP) is 2.17. The molecule has 1 fully saturated rings. The fourth-order valence-corrected chi connectivity index (χ4v) is 2.13. The van der Waals surface area contributed by atoms with Gasteiger partial charge in [-0.1, -0.05) is 6.92 Å². The van der Waals surface area contributed by atoms with Crippen molar-refractivity contribution in [2.75, 3.05) is 5.32 Å². The minimum absolute atomic E-state index is 0.0205. The largest absolute Gasteiger partial charge is 0.476 e. The number of rotatable bonds is 3. The molecule has 5 heteroatoms. The first kappa shape index (κ1) is 11.8. The molecule has 17 heavy (non-hydrogen) atoms. The van der Waals surface area contributed by atoms with E-state index in [1.807, 2.05) is 0 Å². The third kappa shape index (κ3) is 3.15. The van der Waals surface area contributed by atoms with Crippen LogP contribution < -0.4 is 5.32 Å². The maximum Gasteiger partial charge on any atom is 0.356 e. The predicted molar refractivity (Wildman–Crippen MR) is 64.0 cm³/mol. The fraction of sp³-hybridized carbons (Fsp3) is 0.583. The summed E-state index contributed by atoms with van der Waals surface area (Å²) in [6.07, 6.45) is 7.53. The van der Waals surface area contributed by atoms with Crippen LogP contribution in [-0.4, -0.2) is 27.1 Å². The maximum atomic E-state index is 10.6. The molecule has 92 valence electrons. The van der Waals surface area contributed by atoms with Gasteiger partial charge < -0.3 is 10.4 Å². The molecule has 0 spiro atoms. The monoisotopic (exact) mass is 235 g/mol. The number of hydrogen-bond donors (Lipinski definition) is 2. The molecular formula is C12H17N3O2. The summed E-state index contributed by atoms with van der Waals surface area (Å²) in [6.45, 7) is 2.28. The van der Waals surface area contributed by atoms with E-state index in [1.165, 1.54) is 25.2 Å². The number of anilines is 1. The molecule has 0 amide bonds. The molecule has 1 saturated carbocycles. The average Bonchev–Trinajstić information content (AvgIpc) is 2.33. The first-order valence-electron chi connectivity index (χ1n) is 5.97. The summed E-state index contributed by atoms with van der Waals surface area (Å²) in [5.74, 6) is 0.429. The molecule has 0 saturated heterocycles. The third-order valence-corrected chi connectivity index (χ3v) is 3.24. The molecule has 1 aromatic heterocycles. The summed E-state index contributed by atoms with van der Waals surface area (Å²) in [5, 5.41) is 12.0. The smallest absolute Gasteiger partial charge is 0.356 e. The number of carboxylic acid groups (broad SMARTS) is 1. The molecule has 1 aromatic rings. The van der Waals surface area contributed by atoms with Crippen molar-refractivity contribution < 1.29 is 9.90 Å². The Morgan fingerprint density at radius 3 is 2.53 bits per heavy atom. The van der Waals surface area contributed by atoms with Crippen LogP contribution in [0.3, 0.4) is 0 Å². The van der Waals surface area contributed by atoms with E-state index >= 15 is 0 Å². The van der Waals surface area contributed by atoms with Crippen LogP contribution in [0.2, 0.25) is 0 Å². The van der Waals surface area contributed by atoms with E-state index < -0.39 is 5.97 Å². The summed E-state index contributed by atoms with van der Waals surface area (Å²) in [7, 11) is 0. The summed E-state index contributed by atoms with van der Waals surface area (Å²) in [6, 6.07) is 0.441. The lowest BCUT2D eigenvalue weighted by atomic mass is 9.87. The zero-order valence-corrected chi connectivity index (χ0v) is 9.89. The molecule has 1 heterocycles. The average molecular weight is 235 g/mol. The second-order valence-corrected chi connectivity index (χ2v) is 4.69. The highest BCUT2D eigenvalue weighted by atomic mass is 16.4. The van der Waals surface area contributed by atoms with Gasteiger partial charge in [0, 0.05) is 6.04 Å². The Morgan fingerprint density at radius 1 is 1.29 bits per heavy atom. The Hall–Kier alpha value is -1.65. The molecule has 2 N–H and O–H groups in total. The van der Waals surface area contributed by atoms with Gasteiger partial charge in [-0.25, -0.2) is 14.8 Å². The third-order valence-electron chi connectivity index (χ3n) is 3.24. The molecule has 0 atom stereocenters. The number of aromatic carboxylic acids is 1. The van der Waals surface area contributed by atoms with Gasteiger partial charge in [-0.05, 0) is 31.6 Å². The summed E-state index contributed by atoms with van der Waals surface area (Å²) < 4.78 is 0. The van der Waals surface area contributed by atoms with E-state index in [-0.39, 0.29) is 5.69 Å². The molecule has 0 aromatic carbocycles. The maximum absolute atomic E-state index is 10.6. The molecule has 0 unspecified atom stereocenters. The molecule has 5 nitrogen and oxygen atoms in total. The summed E-state index contributed by atoms with van der Waals surface area (Å²) >= 11 is 0. The van der Waals surface area contributed by atoms with E-state index in [4.69, 9.17) is 5.11 Å². The lowest BCUT2D eigenvalue weighted by Gasteiger charge is -2.27. The van der Waals surface area contributed by atoms with Crippen LogP contribution in [0.4, 0.5) is 5.82 Å². The van der Waals surface area contributed by atoms with Crippen LogP contribution in [-0.2, 0) is 0 Å². The highest BCUT2D eigenvalue weighted by Gasteiger charge is 2.18. The van der Waals surface area contributed by atoms with E-state index in [0.29, 0.717) is 11.9 Å². The Kier molecular flexibility index (Phi) is 3.56. The van der Waals surface area contributed by atoms with Crippen molar-refractivity contribution in [1.29, 1.82) is 0 Å². The Morgan fingerprint density at radius 2 is 2.00 bits per heavy atom. The summed E-state index contributed by atoms with van der Waals surface area (Å²) in [4.78, 5) is 18.5. The van der Waals surface area contributed by atoms with Crippen molar-refractivity contribution >= 4 is 11.8 Å². The standard InChI is InChI=1S/C12H17N3O2/c1-8-2-4-9(5-3-8)15-11-7-13-10(6-14-11)12(16)17/h6-9H,2-5H2,1H3,(H,14,15)(H,16,17). The SMILES string of the molecule is CC1CCC(Nc2cnc(C(=O)O)cn2)CC1. The zero-order chi connectivity index (χ0) is 12.3. The van der Waals surface area contributed by atoms with Crippen LogP contribution in [0.25, 0.3) is 0 Å². The van der Waals surface area contributed by atoms with Crippen LogP contribution in [0.1, 0.15) is 43.1 Å². The van der Waals surface area contributed by atoms with E-state index in [2.05, 4.69) is 22.2 Å². The summed E-state index contributed by atoms with van der Waals surface area (Å²) in [5.41, 5.74) is -0.0205. The van der Waals surface area contributed by atoms with E-state index in [1.54, 1.807) is 0 Å². The first-order valence-corrected chi connectivity index (χ1v) is 5.97. The van der Waals surface area contributed by atoms with Crippen LogP contribution in [0, 0.1) is 5.92 Å². The van der Waals surface area contributed by atoms with Crippen molar-refractivity contribution in [3.8, 4) is 0 Å². The van der Waals surface area contributed by atoms with Gasteiger partial charge in [0.1, 0.15) is 5.82 Å². The highest BCUT2D eigenvalue weighted by molar-refractivity contribution is 5.84. The van der Waals surface area contributed by atoms with Crippen LogP contribution >= 0.6 is 0 Å². The molecule has 1 aliphatic rings. The molecule has 1 aliphatic carbocycles. The van der Waals surface area contributed by atoms with Crippen molar-refractivity contribution in [2.45, 2.75) is 38.6 Å². The van der Waals surface area contributed by atoms with Crippen LogP contribution in [0.5, 0.6) is 0 Å². The fourth-order valence-electron chi connectivity index (χ4n) is 2.13. The number of aromatic nitrogens is 2. The number of carbonyl (C=O) groups is 1. The van der Waals surface area contributed by atoms with Gasteiger partial charge in [0.2, 0.25) is 0 Å². The second-order valence-electron chi connectivity index (χ2n) is 4.69. The van der Waals surface area contributed by atoms with Gasteiger partial charge in [0.25, 0.3) is 0 Å². The normalized spacial score (nSPS) is 24.3. The van der Waals surface area contributed by atoms with Crippen molar-refractivity contribution in [3.63, 3.8) is 0 Å². The molecular weight excluding hydrogens is 218 g/mol. The Labute approximate surface area is 100 Å².